The van der Waals surface area contributed by atoms with Crippen LogP contribution in [0.4, 0.5) is 5.69 Å². The van der Waals surface area contributed by atoms with Crippen molar-refractivity contribution in [3.8, 4) is 5.75 Å². The van der Waals surface area contributed by atoms with Gasteiger partial charge in [-0.05, 0) is 35.0 Å². The van der Waals surface area contributed by atoms with Crippen LogP contribution in [0.5, 0.6) is 5.75 Å². The van der Waals surface area contributed by atoms with Crippen LogP contribution in [0.3, 0.4) is 0 Å². The van der Waals surface area contributed by atoms with Crippen molar-refractivity contribution in [3.05, 3.63) is 117 Å². The fraction of sp³-hybridized carbons (Fsp3) is 0. The zero-order chi connectivity index (χ0) is 24.1. The molecule has 0 unspecified atom stereocenters. The molecule has 0 saturated heterocycles. The van der Waals surface area contributed by atoms with Gasteiger partial charge in [0, 0.05) is 23.3 Å². The molecule has 4 aromatic carbocycles. The van der Waals surface area contributed by atoms with Gasteiger partial charge in [-0.15, -0.1) is 0 Å². The smallest absolute Gasteiger partial charge is 0.345 e. The molecule has 0 aliphatic rings. The number of benzene rings is 4. The third-order valence-corrected chi connectivity index (χ3v) is 5.23. The Morgan fingerprint density at radius 2 is 1.65 bits per heavy atom. The van der Waals surface area contributed by atoms with Gasteiger partial charge in [0.2, 0.25) is 0 Å². The number of hydrogen-bond donors (Lipinski definition) is 1. The van der Waals surface area contributed by atoms with Gasteiger partial charge in [-0.25, -0.2) is 10.2 Å². The van der Waals surface area contributed by atoms with Gasteiger partial charge in [0.1, 0.15) is 5.75 Å². The third kappa shape index (κ3) is 4.92. The van der Waals surface area contributed by atoms with Gasteiger partial charge < -0.3 is 4.74 Å². The van der Waals surface area contributed by atoms with Gasteiger partial charge >= 0.3 is 5.97 Å². The maximum absolute atomic E-state index is 12.7. The third-order valence-electron chi connectivity index (χ3n) is 4.90. The number of non-ortho nitro benzene ring substituents is 1. The number of esters is 1. The van der Waals surface area contributed by atoms with Crippen molar-refractivity contribution in [1.82, 2.24) is 5.43 Å². The summed E-state index contributed by atoms with van der Waals surface area (Å²) >= 11 is 6.05. The van der Waals surface area contributed by atoms with Crippen molar-refractivity contribution in [2.24, 2.45) is 5.10 Å². The van der Waals surface area contributed by atoms with E-state index in [2.05, 4.69) is 10.5 Å². The monoisotopic (exact) mass is 473 g/mol. The quantitative estimate of drug-likeness (QED) is 0.133. The molecule has 1 N–H and O–H groups in total. The second-order valence-electron chi connectivity index (χ2n) is 7.07. The van der Waals surface area contributed by atoms with Crippen LogP contribution in [0.2, 0.25) is 5.02 Å². The number of nitro groups is 1. The fourth-order valence-corrected chi connectivity index (χ4v) is 3.48. The molecule has 0 aromatic heterocycles. The number of hydrogen-bond acceptors (Lipinski definition) is 6. The van der Waals surface area contributed by atoms with E-state index in [4.69, 9.17) is 16.3 Å². The van der Waals surface area contributed by atoms with Crippen LogP contribution in [0.1, 0.15) is 26.3 Å². The highest BCUT2D eigenvalue weighted by molar-refractivity contribution is 6.33. The van der Waals surface area contributed by atoms with Crippen molar-refractivity contribution in [1.29, 1.82) is 0 Å². The molecule has 0 fully saturated rings. The number of fused-ring (bicyclic) bond motifs is 1. The van der Waals surface area contributed by atoms with Crippen LogP contribution in [0, 0.1) is 10.1 Å². The summed E-state index contributed by atoms with van der Waals surface area (Å²) in [5.74, 6) is -1.19. The maximum atomic E-state index is 12.7. The van der Waals surface area contributed by atoms with Crippen molar-refractivity contribution >= 4 is 46.2 Å². The van der Waals surface area contributed by atoms with Crippen LogP contribution in [0.15, 0.2) is 90.0 Å². The molecule has 0 bridgehead atoms. The van der Waals surface area contributed by atoms with Crippen LogP contribution in [-0.2, 0) is 0 Å². The van der Waals surface area contributed by atoms with Crippen LogP contribution >= 0.6 is 11.6 Å². The topological polar surface area (TPSA) is 111 Å². The Balaban J connectivity index is 1.59. The van der Waals surface area contributed by atoms with Crippen LogP contribution in [-0.4, -0.2) is 23.0 Å². The van der Waals surface area contributed by atoms with Gasteiger partial charge in [0.05, 0.1) is 21.7 Å². The number of hydrazone groups is 1. The number of amides is 1. The van der Waals surface area contributed by atoms with Crippen LogP contribution < -0.4 is 10.2 Å². The number of carbonyl (C=O) groups excluding carboxylic acids is 2. The Kier molecular flexibility index (Phi) is 6.61. The second kappa shape index (κ2) is 9.93. The molecule has 0 aliphatic carbocycles. The molecule has 4 aromatic rings. The molecule has 0 atom stereocenters. The second-order valence-corrected chi connectivity index (χ2v) is 7.48. The summed E-state index contributed by atoms with van der Waals surface area (Å²) in [6.07, 6.45) is 1.17. The number of rotatable bonds is 6. The number of nitro benzene ring substituents is 1. The summed E-state index contributed by atoms with van der Waals surface area (Å²) in [6, 6.07) is 22.7. The van der Waals surface area contributed by atoms with Gasteiger partial charge in [0.25, 0.3) is 11.6 Å². The Morgan fingerprint density at radius 3 is 2.44 bits per heavy atom. The van der Waals surface area contributed by atoms with Crippen LogP contribution in [0.25, 0.3) is 10.8 Å². The number of nitrogens with zero attached hydrogens (tertiary/aromatic N) is 2. The van der Waals surface area contributed by atoms with Crippen molar-refractivity contribution in [3.63, 3.8) is 0 Å². The standard InChI is InChI=1S/C25H16ClN3O5/c26-22-11-4-3-9-21(22)25(31)34-23-13-12-18(29(32)33)14-17(23)15-27-28-24(30)20-10-5-7-16-6-1-2-8-19(16)20/h1-15H,(H,28,30)/b27-15+. The zero-order valence-electron chi connectivity index (χ0n) is 17.5. The Bertz CT molecular complexity index is 1450. The molecule has 168 valence electrons. The van der Waals surface area contributed by atoms with E-state index in [0.717, 1.165) is 10.8 Å². The number of carbonyl (C=O) groups is 2. The molecule has 4 rings (SSSR count). The highest BCUT2D eigenvalue weighted by Gasteiger charge is 2.17. The zero-order valence-corrected chi connectivity index (χ0v) is 18.2. The molecule has 8 nitrogen and oxygen atoms in total. The van der Waals surface area contributed by atoms with Crippen molar-refractivity contribution in [2.45, 2.75) is 0 Å². The summed E-state index contributed by atoms with van der Waals surface area (Å²) in [4.78, 5) is 35.8. The predicted molar refractivity (Wildman–Crippen MR) is 129 cm³/mol. The summed E-state index contributed by atoms with van der Waals surface area (Å²) in [7, 11) is 0. The fourth-order valence-electron chi connectivity index (χ4n) is 3.27. The molecule has 9 heteroatoms. The lowest BCUT2D eigenvalue weighted by Crippen LogP contribution is -2.18. The van der Waals surface area contributed by atoms with E-state index >= 15 is 0 Å². The van der Waals surface area contributed by atoms with E-state index in [1.54, 1.807) is 30.3 Å². The number of halogens is 1. The van der Waals surface area contributed by atoms with Gasteiger partial charge in [0.15, 0.2) is 0 Å². The Hall–Kier alpha value is -4.56. The summed E-state index contributed by atoms with van der Waals surface area (Å²) < 4.78 is 5.40. The molecular weight excluding hydrogens is 458 g/mol. The van der Waals surface area contributed by atoms with Gasteiger partial charge in [-0.1, -0.05) is 60.1 Å². The largest absolute Gasteiger partial charge is 0.422 e. The minimum absolute atomic E-state index is 0.0127. The van der Waals surface area contributed by atoms with Crippen molar-refractivity contribution < 1.29 is 19.2 Å². The molecule has 0 radical (unpaired) electrons. The lowest BCUT2D eigenvalue weighted by Gasteiger charge is -2.09. The molecule has 0 spiro atoms. The minimum Gasteiger partial charge on any atom is -0.422 e. The van der Waals surface area contributed by atoms with E-state index in [9.17, 15) is 19.7 Å². The van der Waals surface area contributed by atoms with Crippen molar-refractivity contribution in [2.75, 3.05) is 0 Å². The first-order valence-electron chi connectivity index (χ1n) is 10.0. The first-order valence-corrected chi connectivity index (χ1v) is 10.4. The summed E-state index contributed by atoms with van der Waals surface area (Å²) in [5, 5.41) is 17.0. The average Bonchev–Trinajstić information content (AvgIpc) is 2.84. The highest BCUT2D eigenvalue weighted by Crippen LogP contribution is 2.25. The maximum Gasteiger partial charge on any atom is 0.345 e. The highest BCUT2D eigenvalue weighted by atomic mass is 35.5. The van der Waals surface area contributed by atoms with E-state index in [1.807, 2.05) is 30.3 Å². The lowest BCUT2D eigenvalue weighted by atomic mass is 10.0. The predicted octanol–water partition coefficient (Wildman–Crippen LogP) is 5.38. The SMILES string of the molecule is O=C(Oc1ccc([N+](=O)[O-])cc1/C=N/NC(=O)c1cccc2ccccc12)c1ccccc1Cl. The molecule has 1 amide bonds. The normalized spacial score (nSPS) is 10.9. The first kappa shape index (κ1) is 22.6. The minimum atomic E-state index is -0.742. The van der Waals surface area contributed by atoms with Gasteiger partial charge in [-0.2, -0.15) is 5.10 Å². The first-order chi connectivity index (χ1) is 16.4. The van der Waals surface area contributed by atoms with E-state index in [0.29, 0.717) is 5.56 Å². The molecule has 0 aliphatic heterocycles. The summed E-state index contributed by atoms with van der Waals surface area (Å²) in [6.45, 7) is 0. The lowest BCUT2D eigenvalue weighted by molar-refractivity contribution is -0.384. The molecular formula is C25H16ClN3O5. The van der Waals surface area contributed by atoms with Gasteiger partial charge in [-0.3, -0.25) is 14.9 Å². The van der Waals surface area contributed by atoms with E-state index in [-0.39, 0.29) is 27.6 Å². The number of nitrogens with one attached hydrogen (secondary N) is 1. The molecule has 0 heterocycles. The number of ether oxygens (including phenoxy) is 1. The average molecular weight is 474 g/mol. The molecule has 34 heavy (non-hydrogen) atoms. The molecule has 0 saturated carbocycles. The summed E-state index contributed by atoms with van der Waals surface area (Å²) in [5.41, 5.74) is 2.84. The van der Waals surface area contributed by atoms with E-state index < -0.39 is 16.8 Å². The Morgan fingerprint density at radius 1 is 0.941 bits per heavy atom. The Labute approximate surface area is 198 Å². The van der Waals surface area contributed by atoms with E-state index in [1.165, 1.54) is 30.5 Å².